The minimum absolute atomic E-state index is 0.199. The van der Waals surface area contributed by atoms with Gasteiger partial charge in [-0.15, -0.1) is 0 Å². The molecule has 0 aliphatic carbocycles. The van der Waals surface area contributed by atoms with E-state index in [0.29, 0.717) is 6.54 Å². The van der Waals surface area contributed by atoms with Crippen LogP contribution in [0.4, 0.5) is 18.9 Å². The third-order valence-electron chi connectivity index (χ3n) is 1.58. The molecule has 1 nitrogen and oxygen atoms in total. The van der Waals surface area contributed by atoms with Gasteiger partial charge in [0.15, 0.2) is 17.5 Å². The third kappa shape index (κ3) is 2.52. The maximum absolute atomic E-state index is 12.7. The number of rotatable bonds is 3. The van der Waals surface area contributed by atoms with Crippen LogP contribution in [0.1, 0.15) is 6.92 Å². The molecule has 0 aliphatic heterocycles. The van der Waals surface area contributed by atoms with Crippen molar-refractivity contribution in [3.63, 3.8) is 0 Å². The molecule has 0 aliphatic rings. The molecule has 1 N–H and O–H groups in total. The van der Waals surface area contributed by atoms with Crippen LogP contribution in [0.5, 0.6) is 0 Å². The molecule has 1 aromatic rings. The van der Waals surface area contributed by atoms with E-state index in [2.05, 4.69) is 11.9 Å². The fourth-order valence-electron chi connectivity index (χ4n) is 0.911. The maximum Gasteiger partial charge on any atom is 0.194 e. The number of hydrogen-bond acceptors (Lipinski definition) is 1. The van der Waals surface area contributed by atoms with Gasteiger partial charge in [0.05, 0.1) is 0 Å². The van der Waals surface area contributed by atoms with E-state index in [1.54, 1.807) is 6.92 Å². The lowest BCUT2D eigenvalue weighted by atomic mass is 10.2. The van der Waals surface area contributed by atoms with E-state index in [1.807, 2.05) is 0 Å². The second-order valence-electron chi connectivity index (χ2n) is 3.06. The van der Waals surface area contributed by atoms with Gasteiger partial charge in [-0.25, -0.2) is 13.2 Å². The average molecular weight is 201 g/mol. The largest absolute Gasteiger partial charge is 0.381 e. The standard InChI is InChI=1S/C10H10F3N/c1-6(2)5-14-7-3-8(11)10(13)9(12)4-7/h3-4,14H,1,5H2,2H3. The Bertz CT molecular complexity index is 337. The summed E-state index contributed by atoms with van der Waals surface area (Å²) in [6.07, 6.45) is 0. The van der Waals surface area contributed by atoms with E-state index in [9.17, 15) is 13.2 Å². The summed E-state index contributed by atoms with van der Waals surface area (Å²) in [4.78, 5) is 0. The zero-order chi connectivity index (χ0) is 10.7. The molecule has 4 heteroatoms. The Balaban J connectivity index is 2.84. The van der Waals surface area contributed by atoms with Crippen LogP contribution in [0, 0.1) is 17.5 Å². The quantitative estimate of drug-likeness (QED) is 0.585. The monoisotopic (exact) mass is 201 g/mol. The predicted octanol–water partition coefficient (Wildman–Crippen LogP) is 3.09. The Hall–Kier alpha value is -1.45. The molecule has 0 unspecified atom stereocenters. The van der Waals surface area contributed by atoms with E-state index >= 15 is 0 Å². The second kappa shape index (κ2) is 4.17. The van der Waals surface area contributed by atoms with Crippen molar-refractivity contribution in [2.24, 2.45) is 0 Å². The van der Waals surface area contributed by atoms with Crippen LogP contribution in [0.2, 0.25) is 0 Å². The number of anilines is 1. The normalized spacial score (nSPS) is 10.0. The smallest absolute Gasteiger partial charge is 0.194 e. The van der Waals surface area contributed by atoms with E-state index in [1.165, 1.54) is 0 Å². The second-order valence-corrected chi connectivity index (χ2v) is 3.06. The van der Waals surface area contributed by atoms with E-state index < -0.39 is 17.5 Å². The lowest BCUT2D eigenvalue weighted by Crippen LogP contribution is -2.03. The van der Waals surface area contributed by atoms with Gasteiger partial charge in [-0.1, -0.05) is 12.2 Å². The Morgan fingerprint density at radius 2 is 1.79 bits per heavy atom. The molecule has 0 saturated carbocycles. The van der Waals surface area contributed by atoms with Crippen LogP contribution in [-0.4, -0.2) is 6.54 Å². The highest BCUT2D eigenvalue weighted by Gasteiger charge is 2.09. The van der Waals surface area contributed by atoms with Crippen LogP contribution in [0.3, 0.4) is 0 Å². The molecule has 0 spiro atoms. The predicted molar refractivity (Wildman–Crippen MR) is 49.6 cm³/mol. The molecule has 0 bridgehead atoms. The van der Waals surface area contributed by atoms with Crippen LogP contribution in [0.25, 0.3) is 0 Å². The van der Waals surface area contributed by atoms with Gasteiger partial charge in [-0.2, -0.15) is 0 Å². The zero-order valence-corrected chi connectivity index (χ0v) is 7.70. The van der Waals surface area contributed by atoms with Crippen molar-refractivity contribution >= 4 is 5.69 Å². The van der Waals surface area contributed by atoms with Gasteiger partial charge in [0.25, 0.3) is 0 Å². The van der Waals surface area contributed by atoms with E-state index in [0.717, 1.165) is 17.7 Å². The molecular formula is C10H10F3N. The molecule has 0 radical (unpaired) electrons. The first-order chi connectivity index (χ1) is 6.50. The molecule has 76 valence electrons. The molecule has 14 heavy (non-hydrogen) atoms. The van der Waals surface area contributed by atoms with Crippen molar-refractivity contribution in [3.8, 4) is 0 Å². The van der Waals surface area contributed by atoms with Gasteiger partial charge in [-0.05, 0) is 6.92 Å². The van der Waals surface area contributed by atoms with Crippen molar-refractivity contribution < 1.29 is 13.2 Å². The summed E-state index contributed by atoms with van der Waals surface area (Å²) in [5.41, 5.74) is 1.01. The first-order valence-electron chi connectivity index (χ1n) is 4.03. The summed E-state index contributed by atoms with van der Waals surface area (Å²) in [7, 11) is 0. The summed E-state index contributed by atoms with van der Waals surface area (Å²) in [5, 5.41) is 2.71. The van der Waals surface area contributed by atoms with Gasteiger partial charge in [0, 0.05) is 24.4 Å². The van der Waals surface area contributed by atoms with Crippen molar-refractivity contribution in [3.05, 3.63) is 41.7 Å². The Morgan fingerprint density at radius 1 is 1.29 bits per heavy atom. The average Bonchev–Trinajstić information content (AvgIpc) is 2.10. The highest BCUT2D eigenvalue weighted by molar-refractivity contribution is 5.44. The molecule has 0 heterocycles. The Labute approximate surface area is 80.2 Å². The summed E-state index contributed by atoms with van der Waals surface area (Å²) in [6, 6.07) is 1.81. The Kier molecular flexibility index (Phi) is 3.17. The summed E-state index contributed by atoms with van der Waals surface area (Å²) >= 11 is 0. The first kappa shape index (κ1) is 10.6. The van der Waals surface area contributed by atoms with Crippen LogP contribution < -0.4 is 5.32 Å². The maximum atomic E-state index is 12.7. The molecule has 1 rings (SSSR count). The van der Waals surface area contributed by atoms with Gasteiger partial charge in [-0.3, -0.25) is 0 Å². The van der Waals surface area contributed by atoms with Gasteiger partial charge >= 0.3 is 0 Å². The number of nitrogens with one attached hydrogen (secondary N) is 1. The van der Waals surface area contributed by atoms with Crippen molar-refractivity contribution in [1.82, 2.24) is 0 Å². The molecule has 1 aromatic carbocycles. The van der Waals surface area contributed by atoms with Gasteiger partial charge in [0.1, 0.15) is 0 Å². The topological polar surface area (TPSA) is 12.0 Å². The summed E-state index contributed by atoms with van der Waals surface area (Å²) < 4.78 is 37.9. The molecular weight excluding hydrogens is 191 g/mol. The van der Waals surface area contributed by atoms with Crippen LogP contribution in [-0.2, 0) is 0 Å². The molecule has 0 aromatic heterocycles. The van der Waals surface area contributed by atoms with Crippen LogP contribution in [0.15, 0.2) is 24.3 Å². The zero-order valence-electron chi connectivity index (χ0n) is 7.70. The van der Waals surface area contributed by atoms with Crippen molar-refractivity contribution in [1.29, 1.82) is 0 Å². The molecule has 0 amide bonds. The van der Waals surface area contributed by atoms with Crippen molar-refractivity contribution in [2.45, 2.75) is 6.92 Å². The fourth-order valence-corrected chi connectivity index (χ4v) is 0.911. The van der Waals surface area contributed by atoms with E-state index in [-0.39, 0.29) is 5.69 Å². The van der Waals surface area contributed by atoms with Crippen LogP contribution >= 0.6 is 0 Å². The SMILES string of the molecule is C=C(C)CNc1cc(F)c(F)c(F)c1. The minimum atomic E-state index is -1.45. The highest BCUT2D eigenvalue weighted by atomic mass is 19.2. The lowest BCUT2D eigenvalue weighted by molar-refractivity contribution is 0.448. The Morgan fingerprint density at radius 3 is 2.21 bits per heavy atom. The lowest BCUT2D eigenvalue weighted by Gasteiger charge is -2.06. The number of benzene rings is 1. The molecule has 0 fully saturated rings. The highest BCUT2D eigenvalue weighted by Crippen LogP contribution is 2.17. The molecule has 0 saturated heterocycles. The van der Waals surface area contributed by atoms with E-state index in [4.69, 9.17) is 0 Å². The minimum Gasteiger partial charge on any atom is -0.381 e. The summed E-state index contributed by atoms with van der Waals surface area (Å²) in [5.74, 6) is -3.85. The fraction of sp³-hybridized carbons (Fsp3) is 0.200. The number of halogens is 3. The number of hydrogen-bond donors (Lipinski definition) is 1. The first-order valence-corrected chi connectivity index (χ1v) is 4.03. The third-order valence-corrected chi connectivity index (χ3v) is 1.58. The molecule has 0 atom stereocenters. The van der Waals surface area contributed by atoms with Crippen molar-refractivity contribution in [2.75, 3.05) is 11.9 Å². The van der Waals surface area contributed by atoms with Gasteiger partial charge < -0.3 is 5.32 Å². The van der Waals surface area contributed by atoms with Gasteiger partial charge in [0.2, 0.25) is 0 Å². The summed E-state index contributed by atoms with van der Waals surface area (Å²) in [6.45, 7) is 5.77.